The van der Waals surface area contributed by atoms with Crippen LogP contribution < -0.4 is 0 Å². The normalized spacial score (nSPS) is 10.0. The van der Waals surface area contributed by atoms with Crippen LogP contribution in [0.5, 0.6) is 0 Å². The second kappa shape index (κ2) is 2.31. The molecule has 1 aromatic rings. The largest absolute Gasteiger partial charge is 0.324 e. The fraction of sp³-hybridized carbons (Fsp3) is 0.600. The molecule has 50 valence electrons. The first-order valence-electron chi connectivity index (χ1n) is 2.77. The van der Waals surface area contributed by atoms with Crippen LogP contribution in [0.25, 0.3) is 0 Å². The third-order valence-electron chi connectivity index (χ3n) is 1.21. The minimum Gasteiger partial charge on any atom is -0.324 e. The predicted molar refractivity (Wildman–Crippen MR) is 35.7 cm³/mol. The number of aryl methyl sites for hydroxylation is 1. The van der Waals surface area contributed by atoms with Gasteiger partial charge in [0.1, 0.15) is 0 Å². The first-order chi connectivity index (χ1) is 4.25. The van der Waals surface area contributed by atoms with E-state index < -0.39 is 0 Å². The van der Waals surface area contributed by atoms with Crippen LogP contribution in [0.2, 0.25) is 0 Å². The Balaban J connectivity index is 3.20. The molecule has 0 aliphatic rings. The Hall–Kier alpha value is -0.640. The highest BCUT2D eigenvalue weighted by molar-refractivity contribution is 7.71. The van der Waals surface area contributed by atoms with Crippen molar-refractivity contribution in [1.82, 2.24) is 9.72 Å². The van der Waals surface area contributed by atoms with Gasteiger partial charge in [0.2, 0.25) is 0 Å². The highest BCUT2D eigenvalue weighted by Gasteiger charge is 1.98. The average Bonchev–Trinajstić information content (AvgIpc) is 2.15. The summed E-state index contributed by atoms with van der Waals surface area (Å²) in [4.78, 5) is 0.437. The molecule has 1 heterocycles. The van der Waals surface area contributed by atoms with Gasteiger partial charge in [-0.15, -0.1) is 0 Å². The van der Waals surface area contributed by atoms with Gasteiger partial charge >= 0.3 is 0 Å². The van der Waals surface area contributed by atoms with Gasteiger partial charge in [0, 0.05) is 13.5 Å². The molecule has 0 radical (unpaired) electrons. The monoisotopic (exact) mass is 144 g/mol. The van der Waals surface area contributed by atoms with E-state index >= 15 is 0 Å². The Morgan fingerprint density at radius 2 is 2.44 bits per heavy atom. The van der Waals surface area contributed by atoms with Crippen LogP contribution in [-0.2, 0) is 13.5 Å². The summed E-state index contributed by atoms with van der Waals surface area (Å²) in [7, 11) is 1.84. The highest BCUT2D eigenvalue weighted by atomic mass is 32.1. The van der Waals surface area contributed by atoms with Crippen molar-refractivity contribution < 1.29 is 4.52 Å². The van der Waals surface area contributed by atoms with Crippen molar-refractivity contribution in [3.8, 4) is 0 Å². The number of hydrogen-bond acceptors (Lipinski definition) is 3. The van der Waals surface area contributed by atoms with E-state index in [1.54, 1.807) is 4.57 Å². The molecular formula is C5H8N2OS. The Morgan fingerprint density at radius 1 is 1.78 bits per heavy atom. The van der Waals surface area contributed by atoms with Gasteiger partial charge in [-0.25, -0.2) is 0 Å². The summed E-state index contributed by atoms with van der Waals surface area (Å²) in [6.07, 6.45) is 0.858. The summed E-state index contributed by atoms with van der Waals surface area (Å²) >= 11 is 4.77. The molecule has 0 spiro atoms. The molecule has 0 atom stereocenters. The molecule has 9 heavy (non-hydrogen) atoms. The van der Waals surface area contributed by atoms with Crippen LogP contribution in [0.1, 0.15) is 12.7 Å². The van der Waals surface area contributed by atoms with Crippen LogP contribution in [-0.4, -0.2) is 9.72 Å². The summed E-state index contributed by atoms with van der Waals surface area (Å²) in [5, 5.41) is 3.72. The number of aromatic nitrogens is 2. The molecule has 0 amide bonds. The SMILES string of the molecule is CCc1noc(=S)n1C. The van der Waals surface area contributed by atoms with Gasteiger partial charge in [-0.3, -0.25) is 4.57 Å². The Labute approximate surface area is 58.3 Å². The van der Waals surface area contributed by atoms with Crippen molar-refractivity contribution in [3.05, 3.63) is 10.7 Å². The number of hydrogen-bond donors (Lipinski definition) is 0. The van der Waals surface area contributed by atoms with E-state index in [4.69, 9.17) is 16.7 Å². The Morgan fingerprint density at radius 3 is 2.67 bits per heavy atom. The third kappa shape index (κ3) is 1.03. The van der Waals surface area contributed by atoms with E-state index in [1.807, 2.05) is 14.0 Å². The summed E-state index contributed by atoms with van der Waals surface area (Å²) in [5.41, 5.74) is 0. The van der Waals surface area contributed by atoms with Gasteiger partial charge in [-0.1, -0.05) is 12.1 Å². The molecule has 0 fully saturated rings. The number of nitrogens with zero attached hydrogens (tertiary/aromatic N) is 2. The molecule has 0 saturated heterocycles. The Bertz CT molecular complexity index is 250. The quantitative estimate of drug-likeness (QED) is 0.557. The van der Waals surface area contributed by atoms with Crippen molar-refractivity contribution in [3.63, 3.8) is 0 Å². The van der Waals surface area contributed by atoms with Crippen molar-refractivity contribution in [2.24, 2.45) is 7.05 Å². The maximum atomic E-state index is 4.77. The predicted octanol–water partition coefficient (Wildman–Crippen LogP) is 1.30. The van der Waals surface area contributed by atoms with E-state index in [-0.39, 0.29) is 0 Å². The van der Waals surface area contributed by atoms with Gasteiger partial charge in [0.25, 0.3) is 4.84 Å². The Kier molecular flexibility index (Phi) is 1.66. The lowest BCUT2D eigenvalue weighted by Crippen LogP contribution is -1.94. The zero-order valence-corrected chi connectivity index (χ0v) is 6.23. The maximum absolute atomic E-state index is 4.77. The summed E-state index contributed by atoms with van der Waals surface area (Å²) in [5.74, 6) is 0.889. The lowest BCUT2D eigenvalue weighted by Gasteiger charge is -1.88. The van der Waals surface area contributed by atoms with Gasteiger partial charge in [0.15, 0.2) is 5.82 Å². The third-order valence-corrected chi connectivity index (χ3v) is 1.55. The molecule has 0 aliphatic heterocycles. The second-order valence-electron chi connectivity index (χ2n) is 1.78. The fourth-order valence-corrected chi connectivity index (χ4v) is 0.764. The summed E-state index contributed by atoms with van der Waals surface area (Å²) in [6.45, 7) is 2.01. The van der Waals surface area contributed by atoms with Crippen molar-refractivity contribution >= 4 is 12.2 Å². The first kappa shape index (κ1) is 6.48. The molecule has 3 nitrogen and oxygen atoms in total. The van der Waals surface area contributed by atoms with Crippen LogP contribution in [0.4, 0.5) is 0 Å². The minimum absolute atomic E-state index is 0.437. The van der Waals surface area contributed by atoms with Crippen LogP contribution >= 0.6 is 12.2 Å². The second-order valence-corrected chi connectivity index (χ2v) is 2.13. The molecule has 0 N–H and O–H groups in total. The molecule has 1 aromatic heterocycles. The molecule has 0 aliphatic carbocycles. The molecule has 0 unspecified atom stereocenters. The van der Waals surface area contributed by atoms with Crippen molar-refractivity contribution in [2.75, 3.05) is 0 Å². The molecular weight excluding hydrogens is 136 g/mol. The fourth-order valence-electron chi connectivity index (χ4n) is 0.621. The lowest BCUT2D eigenvalue weighted by atomic mass is 10.5. The van der Waals surface area contributed by atoms with Gasteiger partial charge in [-0.05, 0) is 12.2 Å². The average molecular weight is 144 g/mol. The van der Waals surface area contributed by atoms with E-state index in [9.17, 15) is 0 Å². The molecule has 0 saturated carbocycles. The molecule has 1 rings (SSSR count). The van der Waals surface area contributed by atoms with E-state index in [2.05, 4.69) is 5.16 Å². The van der Waals surface area contributed by atoms with E-state index in [0.717, 1.165) is 12.2 Å². The standard InChI is InChI=1S/C5H8N2OS/c1-3-4-6-8-5(9)7(4)2/h3H2,1-2H3. The first-order valence-corrected chi connectivity index (χ1v) is 3.18. The lowest BCUT2D eigenvalue weighted by molar-refractivity contribution is 0.395. The zero-order chi connectivity index (χ0) is 6.85. The molecule has 0 bridgehead atoms. The minimum atomic E-state index is 0.437. The molecule has 0 aromatic carbocycles. The van der Waals surface area contributed by atoms with Crippen molar-refractivity contribution in [2.45, 2.75) is 13.3 Å². The topological polar surface area (TPSA) is 31.0 Å². The summed E-state index contributed by atoms with van der Waals surface area (Å²) < 4.78 is 6.47. The van der Waals surface area contributed by atoms with E-state index in [0.29, 0.717) is 4.84 Å². The van der Waals surface area contributed by atoms with Gasteiger partial charge in [0.05, 0.1) is 0 Å². The van der Waals surface area contributed by atoms with Crippen molar-refractivity contribution in [1.29, 1.82) is 0 Å². The van der Waals surface area contributed by atoms with Gasteiger partial charge in [-0.2, -0.15) is 0 Å². The highest BCUT2D eigenvalue weighted by Crippen LogP contribution is 1.96. The van der Waals surface area contributed by atoms with E-state index in [1.165, 1.54) is 0 Å². The van der Waals surface area contributed by atoms with Gasteiger partial charge < -0.3 is 4.52 Å². The summed E-state index contributed by atoms with van der Waals surface area (Å²) in [6, 6.07) is 0. The number of rotatable bonds is 1. The van der Waals surface area contributed by atoms with Crippen LogP contribution in [0, 0.1) is 4.84 Å². The maximum Gasteiger partial charge on any atom is 0.297 e. The van der Waals surface area contributed by atoms with Crippen LogP contribution in [0.15, 0.2) is 4.52 Å². The molecule has 4 heteroatoms. The smallest absolute Gasteiger partial charge is 0.297 e. The zero-order valence-electron chi connectivity index (χ0n) is 5.42. The van der Waals surface area contributed by atoms with Crippen LogP contribution in [0.3, 0.4) is 0 Å².